The van der Waals surface area contributed by atoms with Crippen molar-refractivity contribution in [3.05, 3.63) is 47.4 Å². The molecule has 2 heterocycles. The van der Waals surface area contributed by atoms with Crippen LogP contribution in [0.4, 0.5) is 0 Å². The highest BCUT2D eigenvalue weighted by molar-refractivity contribution is 8.03. The molecule has 0 aromatic heterocycles. The van der Waals surface area contributed by atoms with Crippen LogP contribution >= 0.6 is 11.8 Å². The van der Waals surface area contributed by atoms with Gasteiger partial charge in [0.05, 0.1) is 5.25 Å². The summed E-state index contributed by atoms with van der Waals surface area (Å²) in [5, 5.41) is 2.61. The zero-order valence-electron chi connectivity index (χ0n) is 7.64. The van der Waals surface area contributed by atoms with Crippen molar-refractivity contribution in [1.29, 1.82) is 0 Å². The first-order valence-electron chi connectivity index (χ1n) is 4.69. The predicted octanol–water partition coefficient (Wildman–Crippen LogP) is 3.09. The lowest BCUT2D eigenvalue weighted by molar-refractivity contribution is 0.321. The third kappa shape index (κ3) is 1.18. The highest BCUT2D eigenvalue weighted by Crippen LogP contribution is 2.40. The van der Waals surface area contributed by atoms with Gasteiger partial charge in [-0.1, -0.05) is 30.4 Å². The lowest BCUT2D eigenvalue weighted by atomic mass is 9.99. The molecule has 1 aromatic rings. The van der Waals surface area contributed by atoms with Gasteiger partial charge in [-0.3, -0.25) is 0 Å². The van der Waals surface area contributed by atoms with Crippen LogP contribution in [0.5, 0.6) is 5.75 Å². The summed E-state index contributed by atoms with van der Waals surface area (Å²) in [5.41, 5.74) is 2.65. The van der Waals surface area contributed by atoms with Gasteiger partial charge in [0.25, 0.3) is 0 Å². The van der Waals surface area contributed by atoms with E-state index in [2.05, 4.69) is 29.7 Å². The van der Waals surface area contributed by atoms with Gasteiger partial charge >= 0.3 is 0 Å². The third-order valence-electron chi connectivity index (χ3n) is 2.53. The minimum atomic E-state index is 0.481. The Morgan fingerprint density at radius 2 is 2.21 bits per heavy atom. The predicted molar refractivity (Wildman–Crippen MR) is 60.4 cm³/mol. The van der Waals surface area contributed by atoms with E-state index in [9.17, 15) is 0 Å². The molecule has 2 aliphatic rings. The number of allylic oxidation sites excluding steroid dienone is 2. The molecule has 2 aliphatic heterocycles. The van der Waals surface area contributed by atoms with E-state index in [0.717, 1.165) is 12.4 Å². The van der Waals surface area contributed by atoms with Gasteiger partial charge in [-0.25, -0.2) is 0 Å². The van der Waals surface area contributed by atoms with E-state index in [1.54, 1.807) is 0 Å². The number of fused-ring (bicyclic) bond motifs is 3. The molecular formula is C12H10OS. The number of hydrogen-bond acceptors (Lipinski definition) is 2. The largest absolute Gasteiger partial charge is 0.491 e. The van der Waals surface area contributed by atoms with Crippen molar-refractivity contribution in [2.24, 2.45) is 0 Å². The van der Waals surface area contributed by atoms with E-state index in [4.69, 9.17) is 4.74 Å². The number of benzene rings is 1. The Kier molecular flexibility index (Phi) is 1.88. The Labute approximate surface area is 87.5 Å². The zero-order valence-corrected chi connectivity index (χ0v) is 8.46. The molecule has 0 saturated heterocycles. The van der Waals surface area contributed by atoms with Crippen LogP contribution in [-0.2, 0) is 0 Å². The van der Waals surface area contributed by atoms with Gasteiger partial charge in [0.15, 0.2) is 0 Å². The van der Waals surface area contributed by atoms with Crippen LogP contribution in [0.25, 0.3) is 5.57 Å². The molecule has 0 amide bonds. The van der Waals surface area contributed by atoms with E-state index >= 15 is 0 Å². The van der Waals surface area contributed by atoms with Crippen LogP contribution in [0.1, 0.15) is 5.56 Å². The Hall–Kier alpha value is -1.15. The number of ether oxygens (including phenoxy) is 1. The van der Waals surface area contributed by atoms with Crippen LogP contribution < -0.4 is 4.74 Å². The molecule has 1 unspecified atom stereocenters. The lowest BCUT2D eigenvalue weighted by Gasteiger charge is -2.28. The number of rotatable bonds is 0. The molecule has 1 atom stereocenters. The lowest BCUT2D eigenvalue weighted by Crippen LogP contribution is -2.22. The van der Waals surface area contributed by atoms with Crippen LogP contribution in [0.3, 0.4) is 0 Å². The van der Waals surface area contributed by atoms with Crippen molar-refractivity contribution in [2.45, 2.75) is 5.25 Å². The summed E-state index contributed by atoms with van der Waals surface area (Å²) in [7, 11) is 0. The monoisotopic (exact) mass is 202 g/mol. The molecule has 1 aromatic carbocycles. The minimum absolute atomic E-state index is 0.481. The van der Waals surface area contributed by atoms with Gasteiger partial charge in [-0.15, -0.1) is 11.8 Å². The van der Waals surface area contributed by atoms with Gasteiger partial charge in [-0.2, -0.15) is 0 Å². The molecule has 70 valence electrons. The average molecular weight is 202 g/mol. The fourth-order valence-corrected chi connectivity index (χ4v) is 2.71. The van der Waals surface area contributed by atoms with Crippen molar-refractivity contribution in [2.75, 3.05) is 6.61 Å². The summed E-state index contributed by atoms with van der Waals surface area (Å²) < 4.78 is 5.70. The second-order valence-corrected chi connectivity index (χ2v) is 4.50. The van der Waals surface area contributed by atoms with E-state index in [1.165, 1.54) is 11.1 Å². The Bertz CT molecular complexity index is 420. The molecule has 14 heavy (non-hydrogen) atoms. The summed E-state index contributed by atoms with van der Waals surface area (Å²) in [5.74, 6) is 1.02. The normalized spacial score (nSPS) is 23.1. The number of para-hydroxylation sites is 1. The summed E-state index contributed by atoms with van der Waals surface area (Å²) in [4.78, 5) is 0. The summed E-state index contributed by atoms with van der Waals surface area (Å²) in [6.45, 7) is 0.790. The fraction of sp³-hybridized carbons (Fsp3) is 0.167. The third-order valence-corrected chi connectivity index (χ3v) is 3.57. The van der Waals surface area contributed by atoms with Gasteiger partial charge in [0, 0.05) is 5.56 Å². The first-order valence-corrected chi connectivity index (χ1v) is 5.64. The van der Waals surface area contributed by atoms with Crippen LogP contribution in [0.15, 0.2) is 41.8 Å². The van der Waals surface area contributed by atoms with Crippen molar-refractivity contribution in [1.82, 2.24) is 0 Å². The fourth-order valence-electron chi connectivity index (χ4n) is 1.85. The van der Waals surface area contributed by atoms with Gasteiger partial charge in [0.2, 0.25) is 0 Å². The topological polar surface area (TPSA) is 9.23 Å². The average Bonchev–Trinajstić information content (AvgIpc) is 2.29. The highest BCUT2D eigenvalue weighted by atomic mass is 32.2. The highest BCUT2D eigenvalue weighted by Gasteiger charge is 2.25. The smallest absolute Gasteiger partial charge is 0.126 e. The van der Waals surface area contributed by atoms with E-state index < -0.39 is 0 Å². The zero-order chi connectivity index (χ0) is 9.38. The van der Waals surface area contributed by atoms with Gasteiger partial charge in [-0.05, 0) is 17.0 Å². The van der Waals surface area contributed by atoms with E-state index in [-0.39, 0.29) is 0 Å². The van der Waals surface area contributed by atoms with Crippen molar-refractivity contribution in [3.63, 3.8) is 0 Å². The quantitative estimate of drug-likeness (QED) is 0.639. The van der Waals surface area contributed by atoms with E-state index in [1.807, 2.05) is 23.9 Å². The molecule has 0 N–H and O–H groups in total. The summed E-state index contributed by atoms with van der Waals surface area (Å²) in [6, 6.07) is 8.25. The number of hydrogen-bond donors (Lipinski definition) is 0. The molecule has 3 rings (SSSR count). The number of thioether (sulfide) groups is 1. The molecule has 0 spiro atoms. The maximum absolute atomic E-state index is 5.70. The summed E-state index contributed by atoms with van der Waals surface area (Å²) >= 11 is 1.84. The standard InChI is InChI=1S/C12H10OS/c1-2-6-11-9(4-1)10-5-3-7-14-12(10)8-13-11/h1-7,12H,8H2. The van der Waals surface area contributed by atoms with Gasteiger partial charge < -0.3 is 4.74 Å². The summed E-state index contributed by atoms with van der Waals surface area (Å²) in [6.07, 6.45) is 4.31. The maximum Gasteiger partial charge on any atom is 0.126 e. The molecule has 0 radical (unpaired) electrons. The van der Waals surface area contributed by atoms with Crippen LogP contribution in [-0.4, -0.2) is 11.9 Å². The van der Waals surface area contributed by atoms with Crippen LogP contribution in [0.2, 0.25) is 0 Å². The molecule has 0 fully saturated rings. The van der Waals surface area contributed by atoms with Crippen molar-refractivity contribution < 1.29 is 4.74 Å². The molecule has 0 bridgehead atoms. The van der Waals surface area contributed by atoms with Crippen molar-refractivity contribution in [3.8, 4) is 5.75 Å². The van der Waals surface area contributed by atoms with Gasteiger partial charge in [0.1, 0.15) is 12.4 Å². The second kappa shape index (κ2) is 3.21. The first-order chi connectivity index (χ1) is 6.95. The van der Waals surface area contributed by atoms with Crippen LogP contribution in [0, 0.1) is 0 Å². The molecular weight excluding hydrogens is 192 g/mol. The maximum atomic E-state index is 5.70. The van der Waals surface area contributed by atoms with E-state index in [0.29, 0.717) is 5.25 Å². The SMILES string of the molecule is C1=CSC2COc3ccccc3C2=C1. The first kappa shape index (κ1) is 8.18. The second-order valence-electron chi connectivity index (χ2n) is 3.38. The Morgan fingerprint density at radius 3 is 3.21 bits per heavy atom. The molecule has 0 saturated carbocycles. The molecule has 2 heteroatoms. The molecule has 0 aliphatic carbocycles. The minimum Gasteiger partial charge on any atom is -0.491 e. The molecule has 1 nitrogen and oxygen atoms in total. The van der Waals surface area contributed by atoms with Crippen molar-refractivity contribution >= 4 is 17.3 Å². The Balaban J connectivity index is 2.15. The Morgan fingerprint density at radius 1 is 1.29 bits per heavy atom.